The molecule has 0 unspecified atom stereocenters. The van der Waals surface area contributed by atoms with E-state index in [1.165, 1.54) is 16.7 Å². The number of carboxylic acid groups (broad SMARTS) is 1. The van der Waals surface area contributed by atoms with E-state index in [-0.39, 0.29) is 28.4 Å². The minimum atomic E-state index is -1.46. The number of pyridine rings is 6. The molecule has 0 saturated heterocycles. The van der Waals surface area contributed by atoms with Crippen molar-refractivity contribution in [1.29, 1.82) is 0 Å². The van der Waals surface area contributed by atoms with Gasteiger partial charge in [-0.05, 0) is 59.4 Å². The van der Waals surface area contributed by atoms with E-state index in [1.54, 1.807) is 64.4 Å². The molecule has 12 rings (SSSR count). The number of carbonyl (C=O) groups is 1. The second-order valence-electron chi connectivity index (χ2n) is 17.0. The van der Waals surface area contributed by atoms with Crippen LogP contribution in [0.5, 0.6) is 17.6 Å². The van der Waals surface area contributed by atoms with Gasteiger partial charge >= 0.3 is 7.12 Å². The van der Waals surface area contributed by atoms with Gasteiger partial charge in [-0.25, -0.2) is 29.9 Å². The van der Waals surface area contributed by atoms with Crippen molar-refractivity contribution in [2.24, 2.45) is 0 Å². The van der Waals surface area contributed by atoms with Crippen LogP contribution >= 0.6 is 15.9 Å². The van der Waals surface area contributed by atoms with Gasteiger partial charge in [0.1, 0.15) is 16.6 Å². The summed E-state index contributed by atoms with van der Waals surface area (Å²) in [5.74, 6) is 0.806. The third-order valence-corrected chi connectivity index (χ3v) is 12.4. The Balaban J connectivity index is 0.000000206. The molecule has 9 aromatic heterocycles. The summed E-state index contributed by atoms with van der Waals surface area (Å²) in [7, 11) is 3.32. The van der Waals surface area contributed by atoms with Crippen LogP contribution in [0.3, 0.4) is 0 Å². The summed E-state index contributed by atoms with van der Waals surface area (Å²) in [6.07, 6.45) is 10.7. The summed E-state index contributed by atoms with van der Waals surface area (Å²) in [6, 6.07) is 35.4. The first-order chi connectivity index (χ1) is 36.4. The molecule has 0 saturated carbocycles. The average Bonchev–Trinajstić information content (AvgIpc) is 4.25. The van der Waals surface area contributed by atoms with Gasteiger partial charge < -0.3 is 49.2 Å². The number of ether oxygens (including phenoxy) is 3. The number of methoxy groups -OCH3 is 3. The Hall–Kier alpha value is -8.96. The van der Waals surface area contributed by atoms with Gasteiger partial charge in [-0.2, -0.15) is 15.0 Å². The molecule has 20 nitrogen and oxygen atoms in total. The standard InChI is InChI=1S/C18H16N4O.C17H15BN4O3.C17H13BrN4O.C2H4O2.3CH4.H3N/c1-12-3-5-13(6-4-12)10-22-11-20-15-9-19-18-14(17(15)22)7-8-16(21-18)23-2;1-25-15-7-6-13-16-14(8-19-17(13)21-15)20-10-22(16)9-11-2-4-12(5-3-11)18(23)24;1-23-15-7-6-13-16-14(8-19-17(13)21-15)20-10-22(16)9-11-2-4-12(18)5-3-11;1-2(3)4;;;;/h3-9,11H,10H2,1-2H3;2-8,10,23-24H,9H2,1H3;2-8,10H,9H2,1H3;1H3,(H,3,4);3*1H4;1H3. The third kappa shape index (κ3) is 14.2. The Morgan fingerprint density at radius 3 is 1.11 bits per heavy atom. The van der Waals surface area contributed by atoms with E-state index in [9.17, 15) is 10.0 Å². The normalized spacial score (nSPS) is 10.4. The second-order valence-corrected chi connectivity index (χ2v) is 17.9. The molecular weight excluding hydrogens is 1070 g/mol. The molecule has 22 heteroatoms. The van der Waals surface area contributed by atoms with Crippen molar-refractivity contribution >= 4 is 101 Å². The number of nitrogens with zero attached hydrogens (tertiary/aromatic N) is 12. The largest absolute Gasteiger partial charge is 0.488 e. The summed E-state index contributed by atoms with van der Waals surface area (Å²) in [5.41, 5.74) is 12.7. The number of hydrogen-bond acceptors (Lipinski definition) is 16. The first kappa shape index (κ1) is 60.9. The van der Waals surface area contributed by atoms with Crippen molar-refractivity contribution in [3.8, 4) is 17.6 Å². The van der Waals surface area contributed by atoms with Crippen molar-refractivity contribution in [3.63, 3.8) is 0 Å². The van der Waals surface area contributed by atoms with E-state index in [4.69, 9.17) is 24.1 Å². The fraction of sp³-hybridized carbons (Fsp3) is 0.193. The number of aliphatic carboxylic acids is 1. The van der Waals surface area contributed by atoms with Gasteiger partial charge in [-0.3, -0.25) is 4.79 Å². The van der Waals surface area contributed by atoms with Crippen LogP contribution in [0.1, 0.15) is 51.5 Å². The number of carboxylic acids is 1. The lowest BCUT2D eigenvalue weighted by molar-refractivity contribution is -0.134. The highest BCUT2D eigenvalue weighted by atomic mass is 79.9. The molecule has 0 radical (unpaired) electrons. The Morgan fingerprint density at radius 2 is 0.810 bits per heavy atom. The van der Waals surface area contributed by atoms with Crippen molar-refractivity contribution < 1.29 is 34.2 Å². The lowest BCUT2D eigenvalue weighted by Gasteiger charge is -2.08. The van der Waals surface area contributed by atoms with Gasteiger partial charge in [0.2, 0.25) is 17.6 Å². The van der Waals surface area contributed by atoms with Crippen LogP contribution in [0, 0.1) is 6.92 Å². The number of aromatic nitrogens is 12. The van der Waals surface area contributed by atoms with Crippen molar-refractivity contribution in [2.75, 3.05) is 21.3 Å². The smallest absolute Gasteiger partial charge is 0.481 e. The summed E-state index contributed by atoms with van der Waals surface area (Å²) >= 11 is 3.46. The fourth-order valence-corrected chi connectivity index (χ4v) is 8.50. The summed E-state index contributed by atoms with van der Waals surface area (Å²) < 4.78 is 22.9. The van der Waals surface area contributed by atoms with Crippen LogP contribution in [0.2, 0.25) is 0 Å². The van der Waals surface area contributed by atoms with Crippen LogP contribution in [0.4, 0.5) is 0 Å². The molecule has 9 heterocycles. The van der Waals surface area contributed by atoms with E-state index >= 15 is 0 Å². The maximum Gasteiger partial charge on any atom is 0.488 e. The monoisotopic (exact) mass is 1130 g/mol. The van der Waals surface area contributed by atoms with Crippen LogP contribution in [0.25, 0.3) is 66.2 Å². The zero-order chi connectivity index (χ0) is 52.6. The molecule has 6 N–H and O–H groups in total. The molecule has 0 atom stereocenters. The predicted molar refractivity (Wildman–Crippen MR) is 316 cm³/mol. The van der Waals surface area contributed by atoms with Crippen LogP contribution in [-0.4, -0.2) is 108 Å². The molecule has 0 aliphatic heterocycles. The van der Waals surface area contributed by atoms with Gasteiger partial charge in [-0.15, -0.1) is 0 Å². The highest BCUT2D eigenvalue weighted by Crippen LogP contribution is 2.28. The summed E-state index contributed by atoms with van der Waals surface area (Å²) in [4.78, 5) is 48.6. The Morgan fingerprint density at radius 1 is 0.506 bits per heavy atom. The molecule has 12 aromatic rings. The molecule has 0 aliphatic rings. The molecule has 0 aliphatic carbocycles. The predicted octanol–water partition coefficient (Wildman–Crippen LogP) is 10.0. The van der Waals surface area contributed by atoms with E-state index in [2.05, 4.69) is 113 Å². The Labute approximate surface area is 465 Å². The van der Waals surface area contributed by atoms with Crippen LogP contribution in [-0.2, 0) is 24.4 Å². The minimum Gasteiger partial charge on any atom is -0.481 e. The SMILES string of the molecule is C.C.C.CC(=O)O.COc1ccc2c(ncc3ncn(Cc4ccc(B(O)O)cc4)c32)n1.COc1ccc2c(ncc3ncn(Cc4ccc(Br)cc4)c32)n1.COc1ccc2c(ncc3ncn(Cc4ccc(C)cc4)c32)n1.N. The first-order valence-corrected chi connectivity index (χ1v) is 24.1. The fourth-order valence-electron chi connectivity index (χ4n) is 8.23. The maximum atomic E-state index is 9.19. The number of benzene rings is 3. The van der Waals surface area contributed by atoms with Gasteiger partial charge in [-0.1, -0.05) is 104 Å². The number of fused-ring (bicyclic) bond motifs is 9. The van der Waals surface area contributed by atoms with E-state index in [0.717, 1.165) is 79.3 Å². The van der Waals surface area contributed by atoms with Crippen LogP contribution < -0.4 is 25.8 Å². The molecule has 0 amide bonds. The van der Waals surface area contributed by atoms with Gasteiger partial charge in [0.15, 0.2) is 16.9 Å². The van der Waals surface area contributed by atoms with Gasteiger partial charge in [0.05, 0.1) is 75.5 Å². The lowest BCUT2D eigenvalue weighted by atomic mass is 9.80. The maximum absolute atomic E-state index is 9.19. The average molecular weight is 1130 g/mol. The third-order valence-electron chi connectivity index (χ3n) is 11.8. The highest BCUT2D eigenvalue weighted by molar-refractivity contribution is 9.10. The topological polar surface area (TPSA) is 271 Å². The number of imidazole rings is 3. The summed E-state index contributed by atoms with van der Waals surface area (Å²) in [5, 5.41) is 28.6. The second kappa shape index (κ2) is 27.4. The molecule has 0 spiro atoms. The zero-order valence-electron chi connectivity index (χ0n) is 42.0. The molecular formula is C57H63BBrN13O7. The molecule has 408 valence electrons. The van der Waals surface area contributed by atoms with Gasteiger partial charge in [0, 0.05) is 65.4 Å². The first-order valence-electron chi connectivity index (χ1n) is 23.3. The number of hydrogen-bond donors (Lipinski definition) is 4. The molecule has 3 aromatic carbocycles. The van der Waals surface area contributed by atoms with Crippen LogP contribution in [0.15, 0.2) is 151 Å². The number of halogens is 1. The van der Waals surface area contributed by atoms with Crippen molar-refractivity contribution in [1.82, 2.24) is 64.7 Å². The minimum absolute atomic E-state index is 0. The van der Waals surface area contributed by atoms with E-state index in [0.29, 0.717) is 46.6 Å². The Bertz CT molecular complexity index is 3780. The number of aryl methyl sites for hydroxylation is 1. The molecule has 0 fully saturated rings. The van der Waals surface area contributed by atoms with E-state index < -0.39 is 13.1 Å². The quantitative estimate of drug-likeness (QED) is 0.0927. The van der Waals surface area contributed by atoms with Crippen molar-refractivity contribution in [2.45, 2.75) is 55.8 Å². The zero-order valence-corrected chi connectivity index (χ0v) is 43.6. The van der Waals surface area contributed by atoms with Crippen molar-refractivity contribution in [3.05, 3.63) is 173 Å². The summed E-state index contributed by atoms with van der Waals surface area (Å²) in [6.45, 7) is 5.29. The highest BCUT2D eigenvalue weighted by Gasteiger charge is 2.15. The molecule has 0 bridgehead atoms. The molecule has 79 heavy (non-hydrogen) atoms. The number of rotatable bonds is 10. The van der Waals surface area contributed by atoms with Gasteiger partial charge in [0.25, 0.3) is 5.97 Å². The lowest BCUT2D eigenvalue weighted by Crippen LogP contribution is -2.29. The Kier molecular flexibility index (Phi) is 21.1. The van der Waals surface area contributed by atoms with E-state index in [1.807, 2.05) is 71.8 Å².